The van der Waals surface area contributed by atoms with Gasteiger partial charge in [0.25, 0.3) is 0 Å². The standard InChI is InChI=1S/C14H14N4O3/c19-11-6-4-10(5-7-11)17-9-13(18(20)21)14(16-17)12-3-1-2-8-15-12/h1-3,8-10H,4-7H2. The average Bonchev–Trinajstić information content (AvgIpc) is 2.94. The lowest BCUT2D eigenvalue weighted by molar-refractivity contribution is -0.384. The van der Waals surface area contributed by atoms with Gasteiger partial charge in [-0.15, -0.1) is 0 Å². The third-order valence-electron chi connectivity index (χ3n) is 3.70. The van der Waals surface area contributed by atoms with E-state index in [4.69, 9.17) is 0 Å². The largest absolute Gasteiger partial charge is 0.316 e. The molecule has 0 unspecified atom stereocenters. The SMILES string of the molecule is O=C1CCC(n2cc([N+](=O)[O-])c(-c3ccccn3)n2)CC1. The number of rotatable bonds is 3. The minimum Gasteiger partial charge on any atom is -0.300 e. The van der Waals surface area contributed by atoms with Crippen molar-refractivity contribution in [3.63, 3.8) is 0 Å². The lowest BCUT2D eigenvalue weighted by Crippen LogP contribution is -2.18. The monoisotopic (exact) mass is 286 g/mol. The zero-order chi connectivity index (χ0) is 14.8. The molecule has 2 heterocycles. The number of nitrogens with zero attached hydrogens (tertiary/aromatic N) is 4. The van der Waals surface area contributed by atoms with E-state index in [0.29, 0.717) is 31.4 Å². The third-order valence-corrected chi connectivity index (χ3v) is 3.70. The predicted molar refractivity (Wildman–Crippen MR) is 74.6 cm³/mol. The number of carbonyl (C=O) groups excluding carboxylic acids is 1. The van der Waals surface area contributed by atoms with Gasteiger partial charge in [-0.05, 0) is 25.0 Å². The van der Waals surface area contributed by atoms with E-state index in [2.05, 4.69) is 10.1 Å². The summed E-state index contributed by atoms with van der Waals surface area (Å²) in [5, 5.41) is 15.6. The molecule has 1 fully saturated rings. The maximum atomic E-state index is 11.3. The number of Topliss-reactive ketones (excluding diaryl/α,β-unsaturated/α-hetero) is 1. The Morgan fingerprint density at radius 1 is 1.29 bits per heavy atom. The molecule has 0 amide bonds. The van der Waals surface area contributed by atoms with Crippen LogP contribution >= 0.6 is 0 Å². The molecule has 0 spiro atoms. The summed E-state index contributed by atoms with van der Waals surface area (Å²) in [4.78, 5) is 26.2. The fourth-order valence-electron chi connectivity index (χ4n) is 2.58. The molecular weight excluding hydrogens is 272 g/mol. The van der Waals surface area contributed by atoms with Crippen molar-refractivity contribution in [2.45, 2.75) is 31.7 Å². The Hall–Kier alpha value is -2.57. The van der Waals surface area contributed by atoms with Crippen LogP contribution in [0.3, 0.4) is 0 Å². The van der Waals surface area contributed by atoms with E-state index in [1.807, 2.05) is 0 Å². The van der Waals surface area contributed by atoms with E-state index >= 15 is 0 Å². The van der Waals surface area contributed by atoms with Crippen LogP contribution in [0.25, 0.3) is 11.4 Å². The molecule has 0 bridgehead atoms. The van der Waals surface area contributed by atoms with Crippen LogP contribution in [0, 0.1) is 10.1 Å². The zero-order valence-electron chi connectivity index (χ0n) is 11.3. The molecular formula is C14H14N4O3. The Labute approximate surface area is 120 Å². The maximum Gasteiger partial charge on any atom is 0.316 e. The quantitative estimate of drug-likeness (QED) is 0.638. The first-order chi connectivity index (χ1) is 10.1. The second-order valence-corrected chi connectivity index (χ2v) is 5.08. The number of hydrogen-bond acceptors (Lipinski definition) is 5. The minimum atomic E-state index is -0.443. The van der Waals surface area contributed by atoms with Crippen molar-refractivity contribution in [2.24, 2.45) is 0 Å². The number of ketones is 1. The summed E-state index contributed by atoms with van der Waals surface area (Å²) in [7, 11) is 0. The maximum absolute atomic E-state index is 11.3. The van der Waals surface area contributed by atoms with Crippen molar-refractivity contribution in [3.05, 3.63) is 40.7 Å². The number of nitro groups is 1. The van der Waals surface area contributed by atoms with Crippen molar-refractivity contribution in [1.29, 1.82) is 0 Å². The number of aromatic nitrogens is 3. The molecule has 7 nitrogen and oxygen atoms in total. The molecule has 7 heteroatoms. The van der Waals surface area contributed by atoms with Crippen molar-refractivity contribution in [1.82, 2.24) is 14.8 Å². The molecule has 3 rings (SSSR count). The molecule has 0 saturated heterocycles. The van der Waals surface area contributed by atoms with E-state index in [9.17, 15) is 14.9 Å². The Kier molecular flexibility index (Phi) is 3.47. The molecule has 0 radical (unpaired) electrons. The van der Waals surface area contributed by atoms with Crippen LogP contribution in [0.1, 0.15) is 31.7 Å². The smallest absolute Gasteiger partial charge is 0.300 e. The van der Waals surface area contributed by atoms with Gasteiger partial charge in [0.05, 0.1) is 16.7 Å². The predicted octanol–water partition coefficient (Wildman–Crippen LogP) is 2.54. The summed E-state index contributed by atoms with van der Waals surface area (Å²) >= 11 is 0. The summed E-state index contributed by atoms with van der Waals surface area (Å²) in [5.41, 5.74) is 0.706. The summed E-state index contributed by atoms with van der Waals surface area (Å²) in [6.07, 6.45) is 5.41. The second-order valence-electron chi connectivity index (χ2n) is 5.08. The van der Waals surface area contributed by atoms with Gasteiger partial charge in [0, 0.05) is 19.0 Å². The fraction of sp³-hybridized carbons (Fsp3) is 0.357. The number of hydrogen-bond donors (Lipinski definition) is 0. The first kappa shape index (κ1) is 13.4. The van der Waals surface area contributed by atoms with Crippen LogP contribution in [-0.2, 0) is 4.79 Å². The summed E-state index contributed by atoms with van der Waals surface area (Å²) < 4.78 is 1.62. The molecule has 1 saturated carbocycles. The highest BCUT2D eigenvalue weighted by Gasteiger charge is 2.27. The van der Waals surface area contributed by atoms with E-state index in [1.165, 1.54) is 6.20 Å². The summed E-state index contributed by atoms with van der Waals surface area (Å²) in [6.45, 7) is 0. The molecule has 0 atom stereocenters. The van der Waals surface area contributed by atoms with Crippen molar-refractivity contribution in [3.8, 4) is 11.4 Å². The molecule has 1 aliphatic rings. The van der Waals surface area contributed by atoms with Gasteiger partial charge in [0.15, 0.2) is 5.69 Å². The van der Waals surface area contributed by atoms with Gasteiger partial charge in [-0.1, -0.05) is 6.07 Å². The molecule has 0 aliphatic heterocycles. The molecule has 2 aromatic heterocycles. The Morgan fingerprint density at radius 3 is 2.67 bits per heavy atom. The number of carbonyl (C=O) groups is 1. The van der Waals surface area contributed by atoms with Gasteiger partial charge in [-0.2, -0.15) is 5.10 Å². The van der Waals surface area contributed by atoms with Crippen LogP contribution in [0.5, 0.6) is 0 Å². The van der Waals surface area contributed by atoms with E-state index in [1.54, 1.807) is 29.1 Å². The number of pyridine rings is 1. The highest BCUT2D eigenvalue weighted by atomic mass is 16.6. The molecule has 2 aromatic rings. The van der Waals surface area contributed by atoms with E-state index < -0.39 is 4.92 Å². The lowest BCUT2D eigenvalue weighted by Gasteiger charge is -2.20. The van der Waals surface area contributed by atoms with Crippen LogP contribution in [0.2, 0.25) is 0 Å². The Bertz CT molecular complexity index is 671. The summed E-state index contributed by atoms with van der Waals surface area (Å²) in [5.74, 6) is 0.248. The third kappa shape index (κ3) is 2.67. The Balaban J connectivity index is 1.97. The summed E-state index contributed by atoms with van der Waals surface area (Å²) in [6, 6.07) is 5.26. The minimum absolute atomic E-state index is 0.0406. The molecule has 1 aliphatic carbocycles. The fourth-order valence-corrected chi connectivity index (χ4v) is 2.58. The average molecular weight is 286 g/mol. The van der Waals surface area contributed by atoms with Gasteiger partial charge < -0.3 is 0 Å². The molecule has 0 aromatic carbocycles. The van der Waals surface area contributed by atoms with E-state index in [0.717, 1.165) is 0 Å². The molecule has 108 valence electrons. The van der Waals surface area contributed by atoms with Crippen molar-refractivity contribution in [2.75, 3.05) is 0 Å². The van der Waals surface area contributed by atoms with Gasteiger partial charge in [0.1, 0.15) is 12.0 Å². The van der Waals surface area contributed by atoms with Crippen LogP contribution in [-0.4, -0.2) is 25.5 Å². The van der Waals surface area contributed by atoms with E-state index in [-0.39, 0.29) is 23.2 Å². The van der Waals surface area contributed by atoms with Crippen LogP contribution in [0.4, 0.5) is 5.69 Å². The first-order valence-electron chi connectivity index (χ1n) is 6.82. The van der Waals surface area contributed by atoms with Crippen LogP contribution < -0.4 is 0 Å². The van der Waals surface area contributed by atoms with Crippen LogP contribution in [0.15, 0.2) is 30.6 Å². The first-order valence-corrected chi connectivity index (χ1v) is 6.82. The lowest BCUT2D eigenvalue weighted by atomic mass is 9.95. The van der Waals surface area contributed by atoms with Gasteiger partial charge in [0.2, 0.25) is 0 Å². The van der Waals surface area contributed by atoms with Crippen molar-refractivity contribution < 1.29 is 9.72 Å². The van der Waals surface area contributed by atoms with Gasteiger partial charge >= 0.3 is 5.69 Å². The second kappa shape index (κ2) is 5.43. The van der Waals surface area contributed by atoms with Crippen molar-refractivity contribution >= 4 is 11.5 Å². The zero-order valence-corrected chi connectivity index (χ0v) is 11.3. The molecule has 0 N–H and O–H groups in total. The molecule has 21 heavy (non-hydrogen) atoms. The Morgan fingerprint density at radius 2 is 2.05 bits per heavy atom. The topological polar surface area (TPSA) is 90.9 Å². The van der Waals surface area contributed by atoms with Gasteiger partial charge in [-0.3, -0.25) is 24.6 Å². The normalized spacial score (nSPS) is 16.1. The van der Waals surface area contributed by atoms with Gasteiger partial charge in [-0.25, -0.2) is 0 Å². The highest BCUT2D eigenvalue weighted by molar-refractivity contribution is 5.79. The highest BCUT2D eigenvalue weighted by Crippen LogP contribution is 2.32.